The van der Waals surface area contributed by atoms with Gasteiger partial charge in [-0.25, -0.2) is 0 Å². The number of fused-ring (bicyclic) bond motifs is 9. The molecule has 0 unspecified atom stereocenters. The first-order valence-electron chi connectivity index (χ1n) is 19.6. The summed E-state index contributed by atoms with van der Waals surface area (Å²) in [7, 11) is 0. The maximum atomic E-state index is 2.47. The number of benzene rings is 10. The highest BCUT2D eigenvalue weighted by Gasteiger charge is 2.36. The third-order valence-corrected chi connectivity index (χ3v) is 12.2. The van der Waals surface area contributed by atoms with Gasteiger partial charge in [0.1, 0.15) is 0 Å². The van der Waals surface area contributed by atoms with Crippen LogP contribution in [0.1, 0.15) is 25.0 Å². The Morgan fingerprint density at radius 2 is 0.839 bits per heavy atom. The minimum absolute atomic E-state index is 0.194. The second-order valence-electron chi connectivity index (χ2n) is 15.7. The Morgan fingerprint density at radius 3 is 1.52 bits per heavy atom. The molecule has 0 radical (unpaired) electrons. The lowest BCUT2D eigenvalue weighted by Gasteiger charge is -2.28. The van der Waals surface area contributed by atoms with Gasteiger partial charge < -0.3 is 4.90 Å². The molecule has 0 saturated heterocycles. The normalized spacial score (nSPS) is 13.0. The van der Waals surface area contributed by atoms with E-state index < -0.39 is 0 Å². The van der Waals surface area contributed by atoms with E-state index in [4.69, 9.17) is 0 Å². The summed E-state index contributed by atoms with van der Waals surface area (Å²) in [5, 5.41) is 10.2. The second-order valence-corrected chi connectivity index (χ2v) is 15.7. The van der Waals surface area contributed by atoms with Crippen LogP contribution in [-0.2, 0) is 5.41 Å². The first kappa shape index (κ1) is 32.5. The van der Waals surface area contributed by atoms with Crippen LogP contribution in [-0.4, -0.2) is 0 Å². The number of hydrogen-bond donors (Lipinski definition) is 0. The van der Waals surface area contributed by atoms with Crippen LogP contribution in [0.4, 0.5) is 17.1 Å². The van der Waals surface area contributed by atoms with Crippen molar-refractivity contribution in [1.29, 1.82) is 0 Å². The molecule has 0 atom stereocenters. The standard InChI is InChI=1S/C55H39N/c1-55(2)52-34-37(28-30-46(52)47-31-29-41(35-53(47)55)56(39-18-5-3-6-19-39)40-20-7-4-8-21-40)50-32-38-33-51(43-27-15-17-36-16-9-10-22-42(36)43)45-24-12-14-26-49(45)54(38)48-25-13-11-23-44(48)50/h3-35H,1-2H3. The maximum Gasteiger partial charge on any atom is 0.0465 e. The van der Waals surface area contributed by atoms with Gasteiger partial charge in [-0.1, -0.05) is 159 Å². The van der Waals surface area contributed by atoms with E-state index in [1.807, 2.05) is 0 Å². The summed E-state index contributed by atoms with van der Waals surface area (Å²) in [5.74, 6) is 0. The molecule has 0 amide bonds. The van der Waals surface area contributed by atoms with Crippen LogP contribution in [0.3, 0.4) is 0 Å². The number of rotatable bonds is 5. The van der Waals surface area contributed by atoms with Gasteiger partial charge in [-0.3, -0.25) is 0 Å². The van der Waals surface area contributed by atoms with Crippen molar-refractivity contribution in [2.24, 2.45) is 0 Å². The van der Waals surface area contributed by atoms with Crippen molar-refractivity contribution in [3.05, 3.63) is 211 Å². The SMILES string of the molecule is CC1(C)c2cc(-c3cc4cc(-c5cccc6ccccc56)c5ccccc5c4c4ccccc34)ccc2-c2ccc(N(c3ccccc3)c3ccccc3)cc21. The topological polar surface area (TPSA) is 3.24 Å². The van der Waals surface area contributed by atoms with Gasteiger partial charge in [0.25, 0.3) is 0 Å². The van der Waals surface area contributed by atoms with Gasteiger partial charge in [-0.15, -0.1) is 0 Å². The molecule has 0 aliphatic heterocycles. The van der Waals surface area contributed by atoms with Gasteiger partial charge in [0.2, 0.25) is 0 Å². The van der Waals surface area contributed by atoms with Crippen LogP contribution in [0.5, 0.6) is 0 Å². The molecule has 0 spiro atoms. The van der Waals surface area contributed by atoms with E-state index in [9.17, 15) is 0 Å². The van der Waals surface area contributed by atoms with Crippen LogP contribution in [0.25, 0.3) is 76.5 Å². The summed E-state index contributed by atoms with van der Waals surface area (Å²) in [6.07, 6.45) is 0. The highest BCUT2D eigenvalue weighted by molar-refractivity contribution is 6.26. The molecule has 56 heavy (non-hydrogen) atoms. The zero-order valence-corrected chi connectivity index (χ0v) is 31.5. The lowest BCUT2D eigenvalue weighted by atomic mass is 9.81. The number of anilines is 3. The van der Waals surface area contributed by atoms with Crippen molar-refractivity contribution in [2.45, 2.75) is 19.3 Å². The van der Waals surface area contributed by atoms with Crippen molar-refractivity contribution in [2.75, 3.05) is 4.90 Å². The van der Waals surface area contributed by atoms with E-state index in [0.29, 0.717) is 0 Å². The minimum atomic E-state index is -0.194. The van der Waals surface area contributed by atoms with Crippen LogP contribution in [0, 0.1) is 0 Å². The summed E-state index contributed by atoms with van der Waals surface area (Å²) in [6, 6.07) is 73.9. The highest BCUT2D eigenvalue weighted by atomic mass is 15.1. The molecule has 1 nitrogen and oxygen atoms in total. The Balaban J connectivity index is 1.09. The van der Waals surface area contributed by atoms with E-state index >= 15 is 0 Å². The van der Waals surface area contributed by atoms with Gasteiger partial charge in [0, 0.05) is 22.5 Å². The molecule has 11 rings (SSSR count). The monoisotopic (exact) mass is 713 g/mol. The Morgan fingerprint density at radius 1 is 0.321 bits per heavy atom. The molecule has 1 heteroatoms. The molecule has 10 aromatic rings. The molecule has 1 aliphatic carbocycles. The highest BCUT2D eigenvalue weighted by Crippen LogP contribution is 2.52. The van der Waals surface area contributed by atoms with E-state index in [-0.39, 0.29) is 5.41 Å². The van der Waals surface area contributed by atoms with Crippen molar-refractivity contribution in [1.82, 2.24) is 0 Å². The molecule has 0 saturated carbocycles. The van der Waals surface area contributed by atoms with Crippen LogP contribution >= 0.6 is 0 Å². The largest absolute Gasteiger partial charge is 0.310 e. The van der Waals surface area contributed by atoms with E-state index in [1.165, 1.54) is 87.6 Å². The number of hydrogen-bond acceptors (Lipinski definition) is 1. The van der Waals surface area contributed by atoms with Crippen molar-refractivity contribution >= 4 is 60.2 Å². The average molecular weight is 714 g/mol. The molecule has 0 N–H and O–H groups in total. The van der Waals surface area contributed by atoms with Crippen molar-refractivity contribution in [3.63, 3.8) is 0 Å². The van der Waals surface area contributed by atoms with Crippen molar-refractivity contribution in [3.8, 4) is 33.4 Å². The molecule has 0 heterocycles. The molecule has 0 bridgehead atoms. The fraction of sp³-hybridized carbons (Fsp3) is 0.0545. The zero-order chi connectivity index (χ0) is 37.4. The number of para-hydroxylation sites is 2. The first-order chi connectivity index (χ1) is 27.5. The Bertz CT molecular complexity index is 3110. The summed E-state index contributed by atoms with van der Waals surface area (Å²) < 4.78 is 0. The zero-order valence-electron chi connectivity index (χ0n) is 31.5. The third kappa shape index (κ3) is 4.94. The fourth-order valence-corrected chi connectivity index (χ4v) is 9.54. The minimum Gasteiger partial charge on any atom is -0.310 e. The van der Waals surface area contributed by atoms with Gasteiger partial charge in [-0.05, 0) is 142 Å². The fourth-order valence-electron chi connectivity index (χ4n) is 9.54. The Kier molecular flexibility index (Phi) is 7.28. The van der Waals surface area contributed by atoms with Crippen LogP contribution < -0.4 is 4.90 Å². The molecule has 10 aromatic carbocycles. The van der Waals surface area contributed by atoms with E-state index in [1.54, 1.807) is 0 Å². The number of nitrogens with zero attached hydrogens (tertiary/aromatic N) is 1. The van der Waals surface area contributed by atoms with Gasteiger partial charge in [-0.2, -0.15) is 0 Å². The van der Waals surface area contributed by atoms with Crippen LogP contribution in [0.2, 0.25) is 0 Å². The lowest BCUT2D eigenvalue weighted by molar-refractivity contribution is 0.660. The quantitative estimate of drug-likeness (QED) is 0.161. The van der Waals surface area contributed by atoms with Gasteiger partial charge in [0.15, 0.2) is 0 Å². The smallest absolute Gasteiger partial charge is 0.0465 e. The van der Waals surface area contributed by atoms with E-state index in [0.717, 1.165) is 17.1 Å². The predicted octanol–water partition coefficient (Wildman–Crippen LogP) is 15.4. The summed E-state index contributed by atoms with van der Waals surface area (Å²) >= 11 is 0. The molecule has 0 fully saturated rings. The Labute approximate surface area is 327 Å². The summed E-state index contributed by atoms with van der Waals surface area (Å²) in [5.41, 5.74) is 13.7. The molecule has 264 valence electrons. The average Bonchev–Trinajstić information content (AvgIpc) is 3.48. The van der Waals surface area contributed by atoms with Crippen LogP contribution in [0.15, 0.2) is 200 Å². The first-order valence-corrected chi connectivity index (χ1v) is 19.6. The molecular formula is C55H39N. The van der Waals surface area contributed by atoms with Gasteiger partial charge in [0.05, 0.1) is 0 Å². The second kappa shape index (κ2) is 12.5. The Hall–Kier alpha value is -6.96. The van der Waals surface area contributed by atoms with Gasteiger partial charge >= 0.3 is 0 Å². The third-order valence-electron chi connectivity index (χ3n) is 12.2. The predicted molar refractivity (Wildman–Crippen MR) is 240 cm³/mol. The molecule has 1 aliphatic rings. The maximum absolute atomic E-state index is 2.47. The molecular weight excluding hydrogens is 675 g/mol. The van der Waals surface area contributed by atoms with E-state index in [2.05, 4.69) is 219 Å². The summed E-state index contributed by atoms with van der Waals surface area (Å²) in [4.78, 5) is 2.36. The summed E-state index contributed by atoms with van der Waals surface area (Å²) in [6.45, 7) is 4.78. The molecule has 0 aromatic heterocycles. The lowest BCUT2D eigenvalue weighted by Crippen LogP contribution is -2.16. The van der Waals surface area contributed by atoms with Crippen molar-refractivity contribution < 1.29 is 0 Å².